The number of benzene rings is 2. The first-order valence-electron chi connectivity index (χ1n) is 10.2. The van der Waals surface area contributed by atoms with Gasteiger partial charge in [0, 0.05) is 10.9 Å². The molecule has 1 aliphatic rings. The van der Waals surface area contributed by atoms with Crippen LogP contribution in [0.1, 0.15) is 41.4 Å². The highest BCUT2D eigenvalue weighted by Crippen LogP contribution is 2.15. The Kier molecular flexibility index (Phi) is 5.45. The number of quaternary nitrogens is 1. The quantitative estimate of drug-likeness (QED) is 0.710. The van der Waals surface area contributed by atoms with E-state index in [1.54, 1.807) is 18.2 Å². The van der Waals surface area contributed by atoms with E-state index in [0.717, 1.165) is 19.6 Å². The van der Waals surface area contributed by atoms with Crippen molar-refractivity contribution in [3.63, 3.8) is 0 Å². The molecule has 0 bridgehead atoms. The summed E-state index contributed by atoms with van der Waals surface area (Å²) in [5.74, 6) is 0.432. The predicted molar refractivity (Wildman–Crippen MR) is 113 cm³/mol. The van der Waals surface area contributed by atoms with Crippen molar-refractivity contribution in [2.75, 3.05) is 26.2 Å². The van der Waals surface area contributed by atoms with Gasteiger partial charge in [-0.15, -0.1) is 0 Å². The zero-order valence-electron chi connectivity index (χ0n) is 16.9. The van der Waals surface area contributed by atoms with Crippen LogP contribution in [-0.4, -0.2) is 47.2 Å². The average molecular weight is 391 g/mol. The summed E-state index contributed by atoms with van der Waals surface area (Å²) in [6.45, 7) is 8.56. The van der Waals surface area contributed by atoms with Crippen molar-refractivity contribution in [3.8, 4) is 0 Å². The third-order valence-corrected chi connectivity index (χ3v) is 5.76. The normalized spacial score (nSPS) is 15.2. The molecule has 1 amide bonds. The number of piperazine rings is 1. The monoisotopic (exact) mass is 391 g/mol. The molecule has 2 aromatic carbocycles. The van der Waals surface area contributed by atoms with E-state index in [1.807, 2.05) is 11.0 Å². The highest BCUT2D eigenvalue weighted by Gasteiger charge is 2.27. The molecular weight excluding hydrogens is 364 g/mol. The third kappa shape index (κ3) is 4.07. The molecule has 0 saturated carbocycles. The summed E-state index contributed by atoms with van der Waals surface area (Å²) in [5.41, 5.74) is 2.75. The molecule has 150 valence electrons. The second-order valence-electron chi connectivity index (χ2n) is 8.06. The van der Waals surface area contributed by atoms with Crippen molar-refractivity contribution < 1.29 is 9.69 Å². The Labute approximate surface area is 170 Å². The largest absolute Gasteiger partial charge is 0.328 e. The molecule has 29 heavy (non-hydrogen) atoms. The summed E-state index contributed by atoms with van der Waals surface area (Å²) in [5, 5.41) is 7.63. The Morgan fingerprint density at radius 3 is 2.38 bits per heavy atom. The van der Waals surface area contributed by atoms with E-state index in [4.69, 9.17) is 0 Å². The van der Waals surface area contributed by atoms with Crippen LogP contribution in [0.15, 0.2) is 53.3 Å². The van der Waals surface area contributed by atoms with Crippen LogP contribution in [0.5, 0.6) is 0 Å². The van der Waals surface area contributed by atoms with Crippen LogP contribution in [-0.2, 0) is 6.54 Å². The van der Waals surface area contributed by atoms with Crippen LogP contribution in [0.3, 0.4) is 0 Å². The van der Waals surface area contributed by atoms with Crippen molar-refractivity contribution >= 4 is 16.7 Å². The van der Waals surface area contributed by atoms with Crippen molar-refractivity contribution in [3.05, 3.63) is 75.7 Å². The molecule has 6 nitrogen and oxygen atoms in total. The highest BCUT2D eigenvalue weighted by atomic mass is 16.2. The van der Waals surface area contributed by atoms with Gasteiger partial charge in [0.05, 0.1) is 31.6 Å². The maximum Gasteiger partial charge on any atom is 0.275 e. The van der Waals surface area contributed by atoms with Crippen LogP contribution < -0.4 is 10.5 Å². The number of hydrogen-bond acceptors (Lipinski definition) is 3. The van der Waals surface area contributed by atoms with E-state index in [-0.39, 0.29) is 11.5 Å². The van der Waals surface area contributed by atoms with Gasteiger partial charge in [0.15, 0.2) is 5.69 Å². The number of carbonyl (C=O) groups is 1. The average Bonchev–Trinajstić information content (AvgIpc) is 2.75. The lowest BCUT2D eigenvalue weighted by atomic mass is 10.0. The van der Waals surface area contributed by atoms with Gasteiger partial charge in [-0.25, -0.2) is 5.10 Å². The fraction of sp³-hybridized carbons (Fsp3) is 0.348. The van der Waals surface area contributed by atoms with Gasteiger partial charge in [-0.2, -0.15) is 5.10 Å². The fourth-order valence-electron chi connectivity index (χ4n) is 3.94. The highest BCUT2D eigenvalue weighted by molar-refractivity contribution is 6.04. The summed E-state index contributed by atoms with van der Waals surface area (Å²) in [6.07, 6.45) is 0. The Morgan fingerprint density at radius 1 is 1.07 bits per heavy atom. The molecule has 1 fully saturated rings. The maximum atomic E-state index is 13.0. The summed E-state index contributed by atoms with van der Waals surface area (Å²) >= 11 is 0. The van der Waals surface area contributed by atoms with Gasteiger partial charge in [-0.1, -0.05) is 56.3 Å². The molecule has 0 spiro atoms. The van der Waals surface area contributed by atoms with E-state index < -0.39 is 0 Å². The molecule has 0 aliphatic carbocycles. The van der Waals surface area contributed by atoms with E-state index >= 15 is 0 Å². The lowest BCUT2D eigenvalue weighted by molar-refractivity contribution is -0.917. The molecule has 2 N–H and O–H groups in total. The van der Waals surface area contributed by atoms with Crippen LogP contribution in [0.25, 0.3) is 10.8 Å². The van der Waals surface area contributed by atoms with Gasteiger partial charge < -0.3 is 9.80 Å². The summed E-state index contributed by atoms with van der Waals surface area (Å²) in [7, 11) is 0. The minimum atomic E-state index is -0.269. The number of hydrogen-bond donors (Lipinski definition) is 2. The van der Waals surface area contributed by atoms with Crippen LogP contribution in [0, 0.1) is 0 Å². The third-order valence-electron chi connectivity index (χ3n) is 5.76. The van der Waals surface area contributed by atoms with E-state index in [1.165, 1.54) is 16.0 Å². The number of fused-ring (bicyclic) bond motifs is 1. The lowest BCUT2D eigenvalue weighted by Crippen LogP contribution is -3.13. The van der Waals surface area contributed by atoms with Crippen molar-refractivity contribution in [1.29, 1.82) is 0 Å². The number of carbonyl (C=O) groups excluding carboxylic acids is 1. The molecule has 2 heterocycles. The first kappa shape index (κ1) is 19.3. The Hall–Kier alpha value is -2.99. The molecule has 1 aromatic heterocycles. The number of H-pyrrole nitrogens is 1. The molecule has 0 radical (unpaired) electrons. The maximum absolute atomic E-state index is 13.0. The number of aromatic amines is 1. The smallest absolute Gasteiger partial charge is 0.275 e. The van der Waals surface area contributed by atoms with Crippen molar-refractivity contribution in [1.82, 2.24) is 15.1 Å². The number of amides is 1. The summed E-state index contributed by atoms with van der Waals surface area (Å²) < 4.78 is 0. The predicted octanol–water partition coefficient (Wildman–Crippen LogP) is 1.59. The molecule has 0 atom stereocenters. The number of nitrogens with zero attached hydrogens (tertiary/aromatic N) is 2. The van der Waals surface area contributed by atoms with Gasteiger partial charge >= 0.3 is 0 Å². The topological polar surface area (TPSA) is 70.5 Å². The second kappa shape index (κ2) is 8.17. The number of aromatic nitrogens is 2. The Morgan fingerprint density at radius 2 is 1.72 bits per heavy atom. The molecule has 1 aliphatic heterocycles. The molecule has 0 unspecified atom stereocenters. The van der Waals surface area contributed by atoms with E-state index in [0.29, 0.717) is 35.5 Å². The SMILES string of the molecule is CC(C)c1ccc(C[NH+]2CCN(C(=O)c3n[nH]c(=O)c4ccccc34)CC2)cc1. The Bertz CT molecular complexity index is 1060. The van der Waals surface area contributed by atoms with Crippen LogP contribution in [0.4, 0.5) is 0 Å². The van der Waals surface area contributed by atoms with Crippen LogP contribution in [0.2, 0.25) is 0 Å². The zero-order valence-corrected chi connectivity index (χ0v) is 16.9. The van der Waals surface area contributed by atoms with Gasteiger partial charge in [0.1, 0.15) is 6.54 Å². The van der Waals surface area contributed by atoms with Gasteiger partial charge in [0.25, 0.3) is 11.5 Å². The van der Waals surface area contributed by atoms with Gasteiger partial charge in [-0.3, -0.25) is 9.59 Å². The first-order chi connectivity index (χ1) is 14.0. The standard InChI is InChI=1S/C23H26N4O2/c1-16(2)18-9-7-17(8-10-18)15-26-11-13-27(14-12-26)23(29)21-19-5-3-4-6-20(19)22(28)25-24-21/h3-10,16H,11-15H2,1-2H3,(H,25,28)/p+1. The fourth-order valence-corrected chi connectivity index (χ4v) is 3.94. The summed E-state index contributed by atoms with van der Waals surface area (Å²) in [4.78, 5) is 28.3. The minimum absolute atomic E-state index is 0.113. The summed E-state index contributed by atoms with van der Waals surface area (Å²) in [6, 6.07) is 16.0. The molecule has 4 rings (SSSR count). The number of nitrogens with one attached hydrogen (secondary N) is 2. The first-order valence-corrected chi connectivity index (χ1v) is 10.2. The van der Waals surface area contributed by atoms with E-state index in [2.05, 4.69) is 48.3 Å². The van der Waals surface area contributed by atoms with Gasteiger partial charge in [-0.05, 0) is 17.5 Å². The van der Waals surface area contributed by atoms with Crippen molar-refractivity contribution in [2.24, 2.45) is 0 Å². The molecule has 6 heteroatoms. The van der Waals surface area contributed by atoms with Gasteiger partial charge in [0.2, 0.25) is 0 Å². The lowest BCUT2D eigenvalue weighted by Gasteiger charge is -2.32. The van der Waals surface area contributed by atoms with E-state index in [9.17, 15) is 9.59 Å². The molecule has 3 aromatic rings. The second-order valence-corrected chi connectivity index (χ2v) is 8.06. The molecule has 1 saturated heterocycles. The van der Waals surface area contributed by atoms with Crippen molar-refractivity contribution in [2.45, 2.75) is 26.3 Å². The number of rotatable bonds is 4. The zero-order chi connectivity index (χ0) is 20.4. The van der Waals surface area contributed by atoms with Crippen LogP contribution >= 0.6 is 0 Å². The molecular formula is C23H27N4O2+. The minimum Gasteiger partial charge on any atom is -0.328 e. The Balaban J connectivity index is 1.41.